The third-order valence-corrected chi connectivity index (χ3v) is 7.18. The first kappa shape index (κ1) is 25.1. The molecule has 9 heteroatoms. The first-order chi connectivity index (χ1) is 18.0. The molecule has 2 amide bonds. The zero-order valence-electron chi connectivity index (χ0n) is 21.6. The van der Waals surface area contributed by atoms with Gasteiger partial charge in [-0.3, -0.25) is 9.59 Å². The van der Waals surface area contributed by atoms with Gasteiger partial charge in [0, 0.05) is 44.8 Å². The Morgan fingerprint density at radius 3 is 2.59 bits per heavy atom. The average Bonchev–Trinajstić information content (AvgIpc) is 3.38. The molecule has 0 spiro atoms. The molecule has 0 radical (unpaired) electrons. The van der Waals surface area contributed by atoms with Crippen LogP contribution in [0.15, 0.2) is 48.7 Å². The molecule has 37 heavy (non-hydrogen) atoms. The van der Waals surface area contributed by atoms with Crippen molar-refractivity contribution >= 4 is 28.4 Å². The van der Waals surface area contributed by atoms with Crippen LogP contribution in [0.5, 0.6) is 5.88 Å². The van der Waals surface area contributed by atoms with Crippen molar-refractivity contribution in [3.63, 3.8) is 0 Å². The summed E-state index contributed by atoms with van der Waals surface area (Å²) in [5.41, 5.74) is 0.504. The zero-order chi connectivity index (χ0) is 25.8. The van der Waals surface area contributed by atoms with E-state index in [0.29, 0.717) is 24.8 Å². The maximum absolute atomic E-state index is 12.9. The predicted molar refractivity (Wildman–Crippen MR) is 142 cm³/mol. The van der Waals surface area contributed by atoms with Crippen molar-refractivity contribution in [1.82, 2.24) is 19.8 Å². The molecule has 3 aromatic rings. The van der Waals surface area contributed by atoms with Gasteiger partial charge in [0.05, 0.1) is 13.2 Å². The molecule has 3 heterocycles. The van der Waals surface area contributed by atoms with E-state index in [1.165, 1.54) is 4.90 Å². The minimum absolute atomic E-state index is 0.0468. The third kappa shape index (κ3) is 5.88. The van der Waals surface area contributed by atoms with Gasteiger partial charge < -0.3 is 29.2 Å². The molecule has 196 valence electrons. The van der Waals surface area contributed by atoms with E-state index in [4.69, 9.17) is 14.5 Å². The van der Waals surface area contributed by atoms with Gasteiger partial charge in [-0.15, -0.1) is 0 Å². The number of carbonyl (C=O) groups is 2. The lowest BCUT2D eigenvalue weighted by atomic mass is 9.93. The Kier molecular flexibility index (Phi) is 7.60. The number of carbonyl (C=O) groups excluding carboxylic acids is 2. The molecule has 2 fully saturated rings. The first-order valence-corrected chi connectivity index (χ1v) is 13.0. The second kappa shape index (κ2) is 11.2. The molecule has 2 aromatic heterocycles. The van der Waals surface area contributed by atoms with Gasteiger partial charge in [0.1, 0.15) is 24.2 Å². The van der Waals surface area contributed by atoms with E-state index in [1.807, 2.05) is 12.1 Å². The predicted octanol–water partition coefficient (Wildman–Crippen LogP) is 3.08. The highest BCUT2D eigenvalue weighted by molar-refractivity contribution is 5.93. The number of fused-ring (bicyclic) bond motifs is 1. The van der Waals surface area contributed by atoms with E-state index in [0.717, 1.165) is 55.4 Å². The van der Waals surface area contributed by atoms with Gasteiger partial charge in [-0.2, -0.15) is 4.98 Å². The summed E-state index contributed by atoms with van der Waals surface area (Å²) in [6, 6.07) is 14.0. The highest BCUT2D eigenvalue weighted by Gasteiger charge is 2.26. The summed E-state index contributed by atoms with van der Waals surface area (Å²) in [5.74, 6) is 1.40. The number of rotatable bonds is 7. The van der Waals surface area contributed by atoms with E-state index in [2.05, 4.69) is 28.4 Å². The number of benzene rings is 1. The van der Waals surface area contributed by atoms with Crippen molar-refractivity contribution in [3.8, 4) is 5.88 Å². The third-order valence-electron chi connectivity index (χ3n) is 7.18. The summed E-state index contributed by atoms with van der Waals surface area (Å²) in [6.07, 6.45) is 5.14. The highest BCUT2D eigenvalue weighted by Crippen LogP contribution is 2.31. The summed E-state index contributed by atoms with van der Waals surface area (Å²) in [7, 11) is 3.42. The summed E-state index contributed by atoms with van der Waals surface area (Å²) in [4.78, 5) is 33.7. The van der Waals surface area contributed by atoms with Crippen LogP contribution in [0.25, 0.3) is 10.8 Å². The van der Waals surface area contributed by atoms with Crippen LogP contribution in [0.1, 0.15) is 36.2 Å². The second-order valence-corrected chi connectivity index (χ2v) is 9.98. The van der Waals surface area contributed by atoms with Gasteiger partial charge in [0.25, 0.3) is 5.91 Å². The number of pyridine rings is 1. The molecule has 0 bridgehead atoms. The van der Waals surface area contributed by atoms with Gasteiger partial charge in [0.15, 0.2) is 0 Å². The van der Waals surface area contributed by atoms with Crippen LogP contribution in [0.4, 0.5) is 5.82 Å². The number of anilines is 1. The molecule has 2 aliphatic rings. The molecule has 9 nitrogen and oxygen atoms in total. The van der Waals surface area contributed by atoms with Crippen LogP contribution >= 0.6 is 0 Å². The Morgan fingerprint density at radius 2 is 1.84 bits per heavy atom. The van der Waals surface area contributed by atoms with Crippen LogP contribution in [-0.4, -0.2) is 78.8 Å². The molecule has 1 aliphatic carbocycles. The molecule has 1 saturated carbocycles. The van der Waals surface area contributed by atoms with Crippen LogP contribution in [0.3, 0.4) is 0 Å². The lowest BCUT2D eigenvalue weighted by molar-refractivity contribution is -0.129. The number of aromatic nitrogens is 2. The molecular formula is C28H35N5O4. The lowest BCUT2D eigenvalue weighted by Crippen LogP contribution is -2.40. The van der Waals surface area contributed by atoms with Gasteiger partial charge >= 0.3 is 0 Å². The van der Waals surface area contributed by atoms with E-state index in [-0.39, 0.29) is 30.5 Å². The maximum Gasteiger partial charge on any atom is 0.268 e. The average molecular weight is 506 g/mol. The molecule has 1 aromatic carbocycles. The molecule has 1 aliphatic heterocycles. The number of amides is 2. The number of hydrogen-bond donors (Lipinski definition) is 1. The van der Waals surface area contributed by atoms with Gasteiger partial charge in [-0.05, 0) is 55.3 Å². The SMILES string of the molecule is CN(C)C(=O)Cn1cccc1C(=O)N[C@H]1CC[C@@H](Oc2nc(N3CCOCC3)cc3ccccc23)CC1. The number of hydrogen-bond acceptors (Lipinski definition) is 6. The number of nitrogens with one attached hydrogen (secondary N) is 1. The normalized spacial score (nSPS) is 20.0. The Hall–Kier alpha value is -3.59. The van der Waals surface area contributed by atoms with Crippen molar-refractivity contribution < 1.29 is 19.1 Å². The van der Waals surface area contributed by atoms with E-state index < -0.39 is 0 Å². The first-order valence-electron chi connectivity index (χ1n) is 13.0. The quantitative estimate of drug-likeness (QED) is 0.531. The maximum atomic E-state index is 12.9. The second-order valence-electron chi connectivity index (χ2n) is 9.98. The Morgan fingerprint density at radius 1 is 1.08 bits per heavy atom. The molecule has 0 atom stereocenters. The topological polar surface area (TPSA) is 88.9 Å². The van der Waals surface area contributed by atoms with Crippen molar-refractivity contribution in [2.24, 2.45) is 0 Å². The summed E-state index contributed by atoms with van der Waals surface area (Å²) in [5, 5.41) is 5.29. The van der Waals surface area contributed by atoms with Crippen LogP contribution in [0, 0.1) is 0 Å². The summed E-state index contributed by atoms with van der Waals surface area (Å²) in [6.45, 7) is 3.20. The van der Waals surface area contributed by atoms with E-state index in [1.54, 1.807) is 37.0 Å². The van der Waals surface area contributed by atoms with Crippen molar-refractivity contribution in [2.75, 3.05) is 45.3 Å². The van der Waals surface area contributed by atoms with Gasteiger partial charge in [-0.25, -0.2) is 0 Å². The monoisotopic (exact) mass is 505 g/mol. The van der Waals surface area contributed by atoms with Gasteiger partial charge in [0.2, 0.25) is 11.8 Å². The van der Waals surface area contributed by atoms with E-state index >= 15 is 0 Å². The highest BCUT2D eigenvalue weighted by atomic mass is 16.5. The number of ether oxygens (including phenoxy) is 2. The van der Waals surface area contributed by atoms with Crippen LogP contribution in [0.2, 0.25) is 0 Å². The molecule has 1 N–H and O–H groups in total. The smallest absolute Gasteiger partial charge is 0.268 e. The van der Waals surface area contributed by atoms with E-state index in [9.17, 15) is 9.59 Å². The fourth-order valence-electron chi connectivity index (χ4n) is 4.99. The van der Waals surface area contributed by atoms with Crippen LogP contribution in [-0.2, 0) is 16.1 Å². The minimum atomic E-state index is -0.146. The summed E-state index contributed by atoms with van der Waals surface area (Å²) < 4.78 is 13.7. The van der Waals surface area contributed by atoms with Crippen molar-refractivity contribution in [2.45, 2.75) is 44.4 Å². The fraction of sp³-hybridized carbons (Fsp3) is 0.464. The minimum Gasteiger partial charge on any atom is -0.474 e. The number of morpholine rings is 1. The molecule has 5 rings (SSSR count). The van der Waals surface area contributed by atoms with Crippen molar-refractivity contribution in [3.05, 3.63) is 54.4 Å². The fourth-order valence-corrected chi connectivity index (χ4v) is 4.99. The number of likely N-dealkylation sites (N-methyl/N-ethyl adjacent to an activating group) is 1. The van der Waals surface area contributed by atoms with Crippen LogP contribution < -0.4 is 15.0 Å². The Balaban J connectivity index is 1.21. The van der Waals surface area contributed by atoms with Gasteiger partial charge in [-0.1, -0.05) is 18.2 Å². The Labute approximate surface area is 217 Å². The van der Waals surface area contributed by atoms with Crippen molar-refractivity contribution in [1.29, 1.82) is 0 Å². The number of nitrogens with zero attached hydrogens (tertiary/aromatic N) is 4. The molecule has 0 unspecified atom stereocenters. The Bertz CT molecular complexity index is 1240. The summed E-state index contributed by atoms with van der Waals surface area (Å²) >= 11 is 0. The zero-order valence-corrected chi connectivity index (χ0v) is 21.6. The molecular weight excluding hydrogens is 470 g/mol. The lowest BCUT2D eigenvalue weighted by Gasteiger charge is -2.31. The largest absolute Gasteiger partial charge is 0.474 e. The molecule has 1 saturated heterocycles. The standard InChI is InChI=1S/C28H35N5O4/c1-31(2)26(34)19-33-13-5-8-24(33)27(35)29-21-9-11-22(12-10-21)37-28-23-7-4-3-6-20(23)18-25(30-28)32-14-16-36-17-15-32/h3-8,13,18,21-22H,9-12,14-17,19H2,1-2H3,(H,29,35)/t21-,22+.